The summed E-state index contributed by atoms with van der Waals surface area (Å²) < 4.78 is 5.19. The molecule has 112 valence electrons. The molecule has 1 atom stereocenters. The number of rotatable bonds is 7. The Hall–Kier alpha value is -2.30. The van der Waals surface area contributed by atoms with Gasteiger partial charge in [0.05, 0.1) is 19.3 Å². The number of hydrogen-bond donors (Lipinski definition) is 2. The van der Waals surface area contributed by atoms with Crippen molar-refractivity contribution in [1.29, 1.82) is 0 Å². The largest absolute Gasteiger partial charge is 0.497 e. The summed E-state index contributed by atoms with van der Waals surface area (Å²) in [5.41, 5.74) is 2.17. The van der Waals surface area contributed by atoms with E-state index in [1.165, 1.54) is 0 Å². The minimum absolute atomic E-state index is 0.0264. The van der Waals surface area contributed by atoms with Gasteiger partial charge in [-0.3, -0.25) is 9.89 Å². The second kappa shape index (κ2) is 7.47. The SMILES string of the molecule is COc1cccc(C(C)NC(=O)CCCc2cn[nH]c2)c1. The van der Waals surface area contributed by atoms with E-state index in [0.717, 1.165) is 29.7 Å². The van der Waals surface area contributed by atoms with Crippen molar-refractivity contribution in [3.05, 3.63) is 47.8 Å². The molecule has 0 saturated heterocycles. The highest BCUT2D eigenvalue weighted by atomic mass is 16.5. The molecule has 0 saturated carbocycles. The van der Waals surface area contributed by atoms with Crippen LogP contribution in [0.3, 0.4) is 0 Å². The molecule has 5 heteroatoms. The quantitative estimate of drug-likeness (QED) is 0.822. The third-order valence-corrected chi connectivity index (χ3v) is 3.40. The Bertz CT molecular complexity index is 567. The zero-order valence-electron chi connectivity index (χ0n) is 12.4. The van der Waals surface area contributed by atoms with Crippen molar-refractivity contribution in [2.24, 2.45) is 0 Å². The molecule has 2 rings (SSSR count). The van der Waals surface area contributed by atoms with Crippen LogP contribution >= 0.6 is 0 Å². The second-order valence-electron chi connectivity index (χ2n) is 5.03. The number of nitrogens with zero attached hydrogens (tertiary/aromatic N) is 1. The first kappa shape index (κ1) is 15.1. The van der Waals surface area contributed by atoms with Crippen LogP contribution in [0.25, 0.3) is 0 Å². The van der Waals surface area contributed by atoms with E-state index < -0.39 is 0 Å². The number of aromatic nitrogens is 2. The number of nitrogens with one attached hydrogen (secondary N) is 2. The molecule has 0 aliphatic carbocycles. The molecule has 21 heavy (non-hydrogen) atoms. The summed E-state index contributed by atoms with van der Waals surface area (Å²) in [6.45, 7) is 1.97. The van der Waals surface area contributed by atoms with Gasteiger partial charge in [-0.25, -0.2) is 0 Å². The van der Waals surface area contributed by atoms with Gasteiger partial charge in [-0.2, -0.15) is 5.10 Å². The van der Waals surface area contributed by atoms with E-state index in [0.29, 0.717) is 6.42 Å². The lowest BCUT2D eigenvalue weighted by atomic mass is 10.1. The lowest BCUT2D eigenvalue weighted by Crippen LogP contribution is -2.26. The minimum Gasteiger partial charge on any atom is -0.497 e. The van der Waals surface area contributed by atoms with Crippen molar-refractivity contribution in [1.82, 2.24) is 15.5 Å². The molecule has 0 spiro atoms. The summed E-state index contributed by atoms with van der Waals surface area (Å²) in [7, 11) is 1.64. The van der Waals surface area contributed by atoms with Crippen molar-refractivity contribution in [3.8, 4) is 5.75 Å². The molecular formula is C16H21N3O2. The van der Waals surface area contributed by atoms with E-state index in [9.17, 15) is 4.79 Å². The van der Waals surface area contributed by atoms with Crippen molar-refractivity contribution in [2.45, 2.75) is 32.2 Å². The lowest BCUT2D eigenvalue weighted by molar-refractivity contribution is -0.121. The molecular weight excluding hydrogens is 266 g/mol. The first-order chi connectivity index (χ1) is 10.2. The van der Waals surface area contributed by atoms with Crippen LogP contribution in [0, 0.1) is 0 Å². The zero-order valence-corrected chi connectivity index (χ0v) is 12.4. The Morgan fingerprint density at radius 2 is 2.33 bits per heavy atom. The van der Waals surface area contributed by atoms with Gasteiger partial charge in [-0.05, 0) is 43.0 Å². The molecule has 2 aromatic rings. The molecule has 1 heterocycles. The number of amides is 1. The van der Waals surface area contributed by atoms with Crippen molar-refractivity contribution in [2.75, 3.05) is 7.11 Å². The molecule has 0 fully saturated rings. The van der Waals surface area contributed by atoms with Crippen molar-refractivity contribution in [3.63, 3.8) is 0 Å². The highest BCUT2D eigenvalue weighted by molar-refractivity contribution is 5.76. The highest BCUT2D eigenvalue weighted by Crippen LogP contribution is 2.18. The number of aryl methyl sites for hydroxylation is 1. The summed E-state index contributed by atoms with van der Waals surface area (Å²) in [5.74, 6) is 0.863. The summed E-state index contributed by atoms with van der Waals surface area (Å²) in [5, 5.41) is 9.67. The Morgan fingerprint density at radius 3 is 3.05 bits per heavy atom. The fraction of sp³-hybridized carbons (Fsp3) is 0.375. The van der Waals surface area contributed by atoms with Crippen LogP contribution in [-0.2, 0) is 11.2 Å². The van der Waals surface area contributed by atoms with E-state index in [2.05, 4.69) is 15.5 Å². The Kier molecular flexibility index (Phi) is 5.37. The van der Waals surface area contributed by atoms with Crippen LogP contribution in [0.15, 0.2) is 36.7 Å². The number of H-pyrrole nitrogens is 1. The summed E-state index contributed by atoms with van der Waals surface area (Å²) in [6, 6.07) is 7.72. The number of methoxy groups -OCH3 is 1. The maximum Gasteiger partial charge on any atom is 0.220 e. The molecule has 2 N–H and O–H groups in total. The number of benzene rings is 1. The molecule has 0 aliphatic rings. The topological polar surface area (TPSA) is 67.0 Å². The predicted octanol–water partition coefficient (Wildman–Crippen LogP) is 2.62. The third kappa shape index (κ3) is 4.63. The molecule has 0 radical (unpaired) electrons. The van der Waals surface area contributed by atoms with Crippen LogP contribution < -0.4 is 10.1 Å². The Morgan fingerprint density at radius 1 is 1.48 bits per heavy atom. The summed E-state index contributed by atoms with van der Waals surface area (Å²) in [6.07, 6.45) is 5.83. The molecule has 0 aliphatic heterocycles. The Balaban J connectivity index is 1.78. The van der Waals surface area contributed by atoms with Crippen molar-refractivity contribution < 1.29 is 9.53 Å². The van der Waals surface area contributed by atoms with Gasteiger partial charge in [-0.1, -0.05) is 12.1 Å². The number of ether oxygens (including phenoxy) is 1. The minimum atomic E-state index is -0.0264. The third-order valence-electron chi connectivity index (χ3n) is 3.40. The molecule has 1 amide bonds. The van der Waals surface area contributed by atoms with E-state index in [1.54, 1.807) is 13.3 Å². The average Bonchev–Trinajstić information content (AvgIpc) is 3.00. The van der Waals surface area contributed by atoms with E-state index in [4.69, 9.17) is 4.74 Å². The molecule has 1 aromatic carbocycles. The van der Waals surface area contributed by atoms with Gasteiger partial charge >= 0.3 is 0 Å². The van der Waals surface area contributed by atoms with Crippen LogP contribution in [0.1, 0.15) is 36.9 Å². The fourth-order valence-electron chi connectivity index (χ4n) is 2.18. The standard InChI is InChI=1S/C16H21N3O2/c1-12(14-6-4-7-15(9-14)21-2)19-16(20)8-3-5-13-10-17-18-11-13/h4,6-7,9-12H,3,5,8H2,1-2H3,(H,17,18)(H,19,20). The molecule has 0 bridgehead atoms. The van der Waals surface area contributed by atoms with Gasteiger partial charge in [-0.15, -0.1) is 0 Å². The predicted molar refractivity (Wildman–Crippen MR) is 81.1 cm³/mol. The summed E-state index contributed by atoms with van der Waals surface area (Å²) >= 11 is 0. The van der Waals surface area contributed by atoms with Gasteiger partial charge < -0.3 is 10.1 Å². The van der Waals surface area contributed by atoms with E-state index in [1.807, 2.05) is 37.4 Å². The van der Waals surface area contributed by atoms with Gasteiger partial charge in [0.1, 0.15) is 5.75 Å². The maximum absolute atomic E-state index is 11.9. The van der Waals surface area contributed by atoms with Gasteiger partial charge in [0.25, 0.3) is 0 Å². The number of carbonyl (C=O) groups excluding carboxylic acids is 1. The monoisotopic (exact) mass is 287 g/mol. The Labute approximate surface area is 124 Å². The van der Waals surface area contributed by atoms with Crippen LogP contribution in [-0.4, -0.2) is 23.2 Å². The molecule has 1 aromatic heterocycles. The average molecular weight is 287 g/mol. The van der Waals surface area contributed by atoms with Gasteiger partial charge in [0.2, 0.25) is 5.91 Å². The van der Waals surface area contributed by atoms with Crippen molar-refractivity contribution >= 4 is 5.91 Å². The highest BCUT2D eigenvalue weighted by Gasteiger charge is 2.10. The van der Waals surface area contributed by atoms with Crippen LogP contribution in [0.4, 0.5) is 0 Å². The zero-order chi connectivity index (χ0) is 15.1. The maximum atomic E-state index is 11.9. The normalized spacial score (nSPS) is 11.9. The van der Waals surface area contributed by atoms with Crippen LogP contribution in [0.5, 0.6) is 5.75 Å². The smallest absolute Gasteiger partial charge is 0.220 e. The van der Waals surface area contributed by atoms with Gasteiger partial charge in [0.15, 0.2) is 0 Å². The molecule has 1 unspecified atom stereocenters. The summed E-state index contributed by atoms with van der Waals surface area (Å²) in [4.78, 5) is 11.9. The number of carbonyl (C=O) groups is 1. The van der Waals surface area contributed by atoms with E-state index >= 15 is 0 Å². The number of hydrogen-bond acceptors (Lipinski definition) is 3. The number of aromatic amines is 1. The molecule has 5 nitrogen and oxygen atoms in total. The first-order valence-corrected chi connectivity index (χ1v) is 7.10. The second-order valence-corrected chi connectivity index (χ2v) is 5.03. The van der Waals surface area contributed by atoms with Gasteiger partial charge in [0, 0.05) is 12.6 Å². The fourth-order valence-corrected chi connectivity index (χ4v) is 2.18. The van der Waals surface area contributed by atoms with Crippen LogP contribution in [0.2, 0.25) is 0 Å². The van der Waals surface area contributed by atoms with E-state index in [-0.39, 0.29) is 11.9 Å². The first-order valence-electron chi connectivity index (χ1n) is 7.10. The lowest BCUT2D eigenvalue weighted by Gasteiger charge is -2.15.